The number of nitrogens with zero attached hydrogens (tertiary/aromatic N) is 2. The molecule has 0 N–H and O–H groups in total. The first-order valence-corrected chi connectivity index (χ1v) is 8.55. The van der Waals surface area contributed by atoms with Crippen LogP contribution in [-0.2, 0) is 0 Å². The molecule has 0 amide bonds. The summed E-state index contributed by atoms with van der Waals surface area (Å²) in [7, 11) is 0. The monoisotopic (exact) mass is 418 g/mol. The maximum atomic E-state index is 12.8. The van der Waals surface area contributed by atoms with E-state index in [4.69, 9.17) is 4.42 Å². The summed E-state index contributed by atoms with van der Waals surface area (Å²) in [5.74, 6) is 1.58. The van der Waals surface area contributed by atoms with Gasteiger partial charge in [0.1, 0.15) is 11.5 Å². The van der Waals surface area contributed by atoms with Crippen LogP contribution in [0.4, 0.5) is 0 Å². The average Bonchev–Trinajstić information content (AvgIpc) is 3.16. The van der Waals surface area contributed by atoms with Crippen LogP contribution in [0.15, 0.2) is 41.2 Å². The van der Waals surface area contributed by atoms with Crippen LogP contribution < -0.4 is 0 Å². The molecule has 0 bridgehead atoms. The smallest absolute Gasteiger partial charge is 0.168 e. The lowest BCUT2D eigenvalue weighted by Gasteiger charge is -2.15. The van der Waals surface area contributed by atoms with Gasteiger partial charge in [-0.2, -0.15) is 0 Å². The van der Waals surface area contributed by atoms with E-state index < -0.39 is 0 Å². The number of fused-ring (bicyclic) bond motifs is 3. The van der Waals surface area contributed by atoms with Gasteiger partial charge in [-0.05, 0) is 54.1 Å². The van der Waals surface area contributed by atoms with Crippen molar-refractivity contribution in [1.82, 2.24) is 9.55 Å². The summed E-state index contributed by atoms with van der Waals surface area (Å²) in [4.78, 5) is 17.0. The molecule has 1 aliphatic heterocycles. The zero-order valence-corrected chi connectivity index (χ0v) is 15.0. The Morgan fingerprint density at radius 1 is 1.39 bits per heavy atom. The van der Waals surface area contributed by atoms with Gasteiger partial charge in [-0.15, -0.1) is 0 Å². The lowest BCUT2D eigenvalue weighted by Crippen LogP contribution is -2.12. The third-order valence-electron chi connectivity index (χ3n) is 4.38. The molecule has 0 spiro atoms. The highest BCUT2D eigenvalue weighted by atomic mass is 127. The average molecular weight is 418 g/mol. The molecule has 0 saturated heterocycles. The molecule has 1 unspecified atom stereocenters. The number of carbonyl (C=O) groups is 1. The fourth-order valence-electron chi connectivity index (χ4n) is 3.39. The van der Waals surface area contributed by atoms with E-state index in [-0.39, 0.29) is 11.8 Å². The summed E-state index contributed by atoms with van der Waals surface area (Å²) in [6.45, 7) is 3.71. The summed E-state index contributed by atoms with van der Waals surface area (Å²) >= 11 is 2.35. The molecule has 1 atom stereocenters. The molecular formula is C18H15IN2O2. The Bertz CT molecular complexity index is 923. The lowest BCUT2D eigenvalue weighted by atomic mass is 9.97. The van der Waals surface area contributed by atoms with Gasteiger partial charge in [-0.25, -0.2) is 4.98 Å². The predicted molar refractivity (Wildman–Crippen MR) is 95.6 cm³/mol. The van der Waals surface area contributed by atoms with Crippen molar-refractivity contribution in [1.29, 1.82) is 0 Å². The van der Waals surface area contributed by atoms with Crippen molar-refractivity contribution in [2.24, 2.45) is 0 Å². The molecule has 0 radical (unpaired) electrons. The molecule has 4 nitrogen and oxygen atoms in total. The van der Waals surface area contributed by atoms with Gasteiger partial charge in [0.15, 0.2) is 5.78 Å². The molecule has 3 heterocycles. The molecule has 116 valence electrons. The van der Waals surface area contributed by atoms with Gasteiger partial charge in [0.25, 0.3) is 0 Å². The second kappa shape index (κ2) is 5.33. The fourth-order valence-corrected chi connectivity index (χ4v) is 4.25. The van der Waals surface area contributed by atoms with Crippen molar-refractivity contribution in [3.05, 3.63) is 63.0 Å². The van der Waals surface area contributed by atoms with E-state index in [0.717, 1.165) is 11.5 Å². The third kappa shape index (κ3) is 2.25. The topological polar surface area (TPSA) is 48.0 Å². The molecule has 1 aliphatic rings. The molecule has 1 aromatic carbocycles. The van der Waals surface area contributed by atoms with Crippen molar-refractivity contribution in [2.75, 3.05) is 0 Å². The Labute approximate surface area is 147 Å². The van der Waals surface area contributed by atoms with E-state index in [1.165, 1.54) is 14.7 Å². The number of hydrogen-bond acceptors (Lipinski definition) is 3. The number of halogens is 1. The quantitative estimate of drug-likeness (QED) is 0.464. The highest BCUT2D eigenvalue weighted by Gasteiger charge is 2.32. The highest BCUT2D eigenvalue weighted by molar-refractivity contribution is 14.1. The van der Waals surface area contributed by atoms with E-state index in [2.05, 4.69) is 44.3 Å². The summed E-state index contributed by atoms with van der Waals surface area (Å²) in [6.07, 6.45) is 4.10. The second-order valence-electron chi connectivity index (χ2n) is 5.86. The second-order valence-corrected chi connectivity index (χ2v) is 7.02. The number of ketones is 1. The Hall–Kier alpha value is -1.89. The van der Waals surface area contributed by atoms with Crippen LogP contribution in [0.1, 0.15) is 39.9 Å². The number of hydrogen-bond donors (Lipinski definition) is 0. The van der Waals surface area contributed by atoms with Gasteiger partial charge >= 0.3 is 0 Å². The molecular weight excluding hydrogens is 403 g/mol. The number of benzene rings is 1. The zero-order chi connectivity index (χ0) is 16.1. The minimum atomic E-state index is -0.00212. The minimum Gasteiger partial charge on any atom is -0.466 e. The Morgan fingerprint density at radius 2 is 2.22 bits per heavy atom. The van der Waals surface area contributed by atoms with Crippen molar-refractivity contribution >= 4 is 28.4 Å². The van der Waals surface area contributed by atoms with Crippen molar-refractivity contribution in [3.8, 4) is 11.3 Å². The SMILES string of the molecule is Cc1cc(C(=O)CC2c3c(I)cccc3-c3cncn32)c(C)o1. The first-order valence-electron chi connectivity index (χ1n) is 7.47. The number of Topliss-reactive ketones (excluding diaryl/α,β-unsaturated/α-hetero) is 1. The minimum absolute atomic E-state index is 0.00212. The Balaban J connectivity index is 1.76. The molecule has 0 saturated carbocycles. The molecule has 23 heavy (non-hydrogen) atoms. The van der Waals surface area contributed by atoms with Crippen LogP contribution in [0, 0.1) is 17.4 Å². The van der Waals surface area contributed by atoms with Crippen molar-refractivity contribution in [2.45, 2.75) is 26.3 Å². The molecule has 0 aliphatic carbocycles. The Kier molecular flexibility index (Phi) is 3.41. The third-order valence-corrected chi connectivity index (χ3v) is 5.32. The molecule has 4 rings (SSSR count). The van der Waals surface area contributed by atoms with Crippen LogP contribution in [0.3, 0.4) is 0 Å². The maximum absolute atomic E-state index is 12.8. The van der Waals surface area contributed by atoms with E-state index in [0.29, 0.717) is 17.7 Å². The van der Waals surface area contributed by atoms with Crippen molar-refractivity contribution < 1.29 is 9.21 Å². The number of imidazole rings is 1. The predicted octanol–water partition coefficient (Wildman–Crippen LogP) is 4.54. The maximum Gasteiger partial charge on any atom is 0.168 e. The first kappa shape index (κ1) is 14.7. The van der Waals surface area contributed by atoms with E-state index >= 15 is 0 Å². The van der Waals surface area contributed by atoms with Crippen LogP contribution >= 0.6 is 22.6 Å². The molecule has 3 aromatic rings. The van der Waals surface area contributed by atoms with Gasteiger partial charge in [0.05, 0.1) is 29.8 Å². The van der Waals surface area contributed by atoms with Crippen LogP contribution in [-0.4, -0.2) is 15.3 Å². The van der Waals surface area contributed by atoms with Gasteiger partial charge in [0.2, 0.25) is 0 Å². The number of aryl methyl sites for hydroxylation is 2. The van der Waals surface area contributed by atoms with Gasteiger partial charge in [-0.1, -0.05) is 12.1 Å². The molecule has 5 heteroatoms. The lowest BCUT2D eigenvalue weighted by molar-refractivity contribution is 0.0969. The van der Waals surface area contributed by atoms with Crippen LogP contribution in [0.5, 0.6) is 0 Å². The summed E-state index contributed by atoms with van der Waals surface area (Å²) in [6, 6.07) is 8.06. The Morgan fingerprint density at radius 3 is 2.96 bits per heavy atom. The van der Waals surface area contributed by atoms with Crippen LogP contribution in [0.25, 0.3) is 11.3 Å². The fraction of sp³-hybridized carbons (Fsp3) is 0.222. The number of aromatic nitrogens is 2. The summed E-state index contributed by atoms with van der Waals surface area (Å²) in [5, 5.41) is 0. The van der Waals surface area contributed by atoms with Gasteiger partial charge < -0.3 is 8.98 Å². The first-order chi connectivity index (χ1) is 11.1. The van der Waals surface area contributed by atoms with Gasteiger partial charge in [-0.3, -0.25) is 4.79 Å². The standard InChI is InChI=1S/C18H15IN2O2/c1-10-6-13(11(2)23-10)17(22)7-15-18-12(4-3-5-14(18)19)16-8-20-9-21(15)16/h3-6,8-9,15H,7H2,1-2H3. The van der Waals surface area contributed by atoms with E-state index in [9.17, 15) is 4.79 Å². The van der Waals surface area contributed by atoms with E-state index in [1.54, 1.807) is 0 Å². The van der Waals surface area contributed by atoms with Crippen molar-refractivity contribution in [3.63, 3.8) is 0 Å². The van der Waals surface area contributed by atoms with Crippen LogP contribution in [0.2, 0.25) is 0 Å². The molecule has 2 aromatic heterocycles. The largest absolute Gasteiger partial charge is 0.466 e. The number of carbonyl (C=O) groups excluding carboxylic acids is 1. The van der Waals surface area contributed by atoms with Gasteiger partial charge in [0, 0.05) is 15.6 Å². The molecule has 0 fully saturated rings. The number of furan rings is 1. The highest BCUT2D eigenvalue weighted by Crippen LogP contribution is 2.43. The summed E-state index contributed by atoms with van der Waals surface area (Å²) in [5.41, 5.74) is 4.16. The zero-order valence-electron chi connectivity index (χ0n) is 12.8. The number of rotatable bonds is 3. The normalized spacial score (nSPS) is 15.5. The summed E-state index contributed by atoms with van der Waals surface area (Å²) < 4.78 is 8.79. The van der Waals surface area contributed by atoms with E-state index in [1.807, 2.05) is 38.5 Å².